The molecule has 39 nitrogen and oxygen atoms in total. The number of hydrogen-bond donors (Lipinski definition) is 24. The number of hydrogen-bond acceptors (Lipinski definition) is 36. The van der Waals surface area contributed by atoms with E-state index in [-0.39, 0.29) is 0 Å². The molecule has 0 aromatic rings. The molecule has 87 heavy (non-hydrogen) atoms. The number of carbonyl (C=O) groups is 3. The van der Waals surface area contributed by atoms with E-state index in [1.165, 1.54) is 0 Å². The Bertz CT molecular complexity index is 2130. The summed E-state index contributed by atoms with van der Waals surface area (Å²) < 4.78 is 69.7. The molecule has 0 aliphatic carbocycles. The lowest BCUT2D eigenvalue weighted by Crippen LogP contribution is -2.70. The monoisotopic (exact) mass is 1280 g/mol. The summed E-state index contributed by atoms with van der Waals surface area (Å²) in [5, 5.41) is 233. The van der Waals surface area contributed by atoms with Crippen LogP contribution in [-0.4, -0.2) is 386 Å². The van der Waals surface area contributed by atoms with Crippen LogP contribution >= 0.6 is 0 Å². The smallest absolute Gasteiger partial charge is 0.217 e. The highest BCUT2D eigenvalue weighted by Gasteiger charge is 2.58. The summed E-state index contributed by atoms with van der Waals surface area (Å²) in [5.74, 6) is -2.55. The molecule has 24 N–H and O–H groups in total. The molecule has 6 saturated heterocycles. The van der Waals surface area contributed by atoms with Crippen molar-refractivity contribution >= 4 is 17.7 Å². The standard InChI is InChI=1S/C48H83N3O36/c1-12(59)49-15(4-52)25(63)38(16(62)5-53)83-43-23(50-13(2)60)30(68)40(21(10-58)80-43)85-47-37(75)41(86-46-36(74)33(71)27(65)18(7-55)78-46)29(67)22(82-47)11-76-48-42(34(72)28(66)19(8-56)79-48)87-44-24(51-14(3)61)31(69)39(20(9-57)81-44)84-45-35(73)32(70)26(64)17(6-54)77-45/h15-48,52-58,62-75H,4-11H2,1-3H3,(H,49,59)(H,50,60)(H,51,61)/t15-,16+,17+,18+,19+,20+,21+,22+,23+,24+,25+,26-,27+,28+,29+,30+,31+,32-,33-,34-,35+,36-,37-,38+,39+,40+,41-,42-,43?,44?,45?,46?,47?,48?/m0/s1. The molecule has 34 atom stereocenters. The molecule has 6 aliphatic heterocycles. The molecule has 0 aromatic carbocycles. The maximum atomic E-state index is 12.7. The van der Waals surface area contributed by atoms with Crippen molar-refractivity contribution in [1.29, 1.82) is 0 Å². The molecule has 0 saturated carbocycles. The first-order chi connectivity index (χ1) is 41.1. The normalized spacial score (nSPS) is 45.1. The molecule has 6 aliphatic rings. The van der Waals surface area contributed by atoms with Gasteiger partial charge in [-0.25, -0.2) is 0 Å². The third kappa shape index (κ3) is 16.8. The molecular formula is C48H83N3O36. The molecule has 6 heterocycles. The van der Waals surface area contributed by atoms with E-state index in [0.29, 0.717) is 0 Å². The van der Waals surface area contributed by atoms with E-state index >= 15 is 0 Å². The maximum Gasteiger partial charge on any atom is 0.217 e. The number of carbonyl (C=O) groups excluding carboxylic acids is 3. The van der Waals surface area contributed by atoms with Crippen LogP contribution in [0.4, 0.5) is 0 Å². The van der Waals surface area contributed by atoms with Gasteiger partial charge < -0.3 is 180 Å². The summed E-state index contributed by atoms with van der Waals surface area (Å²) in [6.45, 7) is -5.31. The second-order valence-electron chi connectivity index (χ2n) is 21.6. The minimum atomic E-state index is -2.36. The largest absolute Gasteiger partial charge is 0.394 e. The van der Waals surface area contributed by atoms with Gasteiger partial charge in [0.1, 0.15) is 165 Å². The van der Waals surface area contributed by atoms with E-state index in [0.717, 1.165) is 20.8 Å². The van der Waals surface area contributed by atoms with Crippen LogP contribution in [0.25, 0.3) is 0 Å². The highest BCUT2D eigenvalue weighted by molar-refractivity contribution is 5.74. The van der Waals surface area contributed by atoms with Crippen LogP contribution < -0.4 is 16.0 Å². The summed E-state index contributed by atoms with van der Waals surface area (Å²) in [7, 11) is 0. The van der Waals surface area contributed by atoms with Gasteiger partial charge in [-0.3, -0.25) is 14.4 Å². The predicted molar refractivity (Wildman–Crippen MR) is 269 cm³/mol. The average molecular weight is 1280 g/mol. The second-order valence-corrected chi connectivity index (χ2v) is 21.6. The molecule has 0 radical (unpaired) electrons. The minimum Gasteiger partial charge on any atom is -0.394 e. The van der Waals surface area contributed by atoms with E-state index in [2.05, 4.69) is 16.0 Å². The lowest BCUT2D eigenvalue weighted by molar-refractivity contribution is -0.388. The van der Waals surface area contributed by atoms with E-state index in [1.54, 1.807) is 0 Å². The van der Waals surface area contributed by atoms with Gasteiger partial charge in [0.2, 0.25) is 17.7 Å². The summed E-state index contributed by atoms with van der Waals surface area (Å²) >= 11 is 0. The van der Waals surface area contributed by atoms with Crippen molar-refractivity contribution in [3.05, 3.63) is 0 Å². The zero-order valence-electron chi connectivity index (χ0n) is 46.8. The fourth-order valence-electron chi connectivity index (χ4n) is 10.7. The Morgan fingerprint density at radius 3 is 1.22 bits per heavy atom. The Hall–Kier alpha value is -2.91. The molecule has 6 unspecified atom stereocenters. The van der Waals surface area contributed by atoms with Crippen LogP contribution in [0.3, 0.4) is 0 Å². The number of amides is 3. The fraction of sp³-hybridized carbons (Fsp3) is 0.938. The van der Waals surface area contributed by atoms with Gasteiger partial charge in [-0.2, -0.15) is 0 Å². The molecule has 0 aromatic heterocycles. The Kier molecular flexibility index (Phi) is 27.4. The highest BCUT2D eigenvalue weighted by atomic mass is 16.8. The third-order valence-corrected chi connectivity index (χ3v) is 15.4. The molecule has 39 heteroatoms. The van der Waals surface area contributed by atoms with Crippen molar-refractivity contribution < 1.29 is 178 Å². The molecular weight excluding hydrogens is 1190 g/mol. The highest BCUT2D eigenvalue weighted by Crippen LogP contribution is 2.37. The number of ether oxygens (including phenoxy) is 12. The molecule has 506 valence electrons. The fourth-order valence-corrected chi connectivity index (χ4v) is 10.7. The minimum absolute atomic E-state index is 0.764. The Labute approximate surface area is 493 Å². The third-order valence-electron chi connectivity index (χ3n) is 15.4. The number of aliphatic hydroxyl groups is 21. The SMILES string of the molecule is CC(=O)N[C@@H](CO)[C@@H](O)[C@H](OC1O[C@H](CO)[C@@H](OC2O[C@H](COC3O[C@H](CO)[C@@H](O)[C@H](O)[C@@H]3OC3O[C@H](CO)[C@@H](OC4O[C@H](CO)[C@H](O)[C@H](O)[C@H]4O)[C@H](O)[C@H]3NC(C)=O)[C@@H](O)[C@H](OC3O[C@H](CO)[C@@H](O)[C@H](O)[C@@H]3O)[C@@H]2O)[C@H](O)[C@H]1NC(C)=O)[C@H](O)CO. The number of rotatable bonds is 26. The van der Waals surface area contributed by atoms with Crippen LogP contribution in [0.1, 0.15) is 20.8 Å². The van der Waals surface area contributed by atoms with E-state index < -0.39 is 279 Å². The topological polar surface area (TPSA) is 623 Å². The maximum absolute atomic E-state index is 12.7. The van der Waals surface area contributed by atoms with E-state index in [9.17, 15) is 122 Å². The first kappa shape index (κ1) is 73.1. The zero-order chi connectivity index (χ0) is 64.6. The van der Waals surface area contributed by atoms with Gasteiger partial charge in [0.05, 0.1) is 58.9 Å². The number of aliphatic hydroxyl groups excluding tert-OH is 21. The summed E-state index contributed by atoms with van der Waals surface area (Å²) in [5.41, 5.74) is 0. The zero-order valence-corrected chi connectivity index (χ0v) is 46.8. The van der Waals surface area contributed by atoms with Crippen LogP contribution in [0, 0.1) is 0 Å². The van der Waals surface area contributed by atoms with Crippen molar-refractivity contribution in [3.8, 4) is 0 Å². The van der Waals surface area contributed by atoms with Crippen molar-refractivity contribution in [2.24, 2.45) is 0 Å². The lowest BCUT2D eigenvalue weighted by Gasteiger charge is -2.50. The molecule has 6 rings (SSSR count). The van der Waals surface area contributed by atoms with E-state index in [1.807, 2.05) is 0 Å². The summed E-state index contributed by atoms with van der Waals surface area (Å²) in [4.78, 5) is 37.2. The molecule has 0 spiro atoms. The molecule has 6 fully saturated rings. The summed E-state index contributed by atoms with van der Waals surface area (Å²) in [6.07, 6.45) is -62.3. The van der Waals surface area contributed by atoms with E-state index in [4.69, 9.17) is 56.8 Å². The van der Waals surface area contributed by atoms with Crippen LogP contribution in [0.2, 0.25) is 0 Å². The van der Waals surface area contributed by atoms with Gasteiger partial charge in [-0.05, 0) is 0 Å². The van der Waals surface area contributed by atoms with Crippen LogP contribution in [-0.2, 0) is 71.2 Å². The van der Waals surface area contributed by atoms with Crippen molar-refractivity contribution in [3.63, 3.8) is 0 Å². The molecule has 3 amide bonds. The average Bonchev–Trinajstić information content (AvgIpc) is 1.07. The van der Waals surface area contributed by atoms with Gasteiger partial charge in [0.25, 0.3) is 0 Å². The van der Waals surface area contributed by atoms with Gasteiger partial charge >= 0.3 is 0 Å². The van der Waals surface area contributed by atoms with Crippen molar-refractivity contribution in [2.45, 2.75) is 229 Å². The Morgan fingerprint density at radius 2 is 0.782 bits per heavy atom. The van der Waals surface area contributed by atoms with Gasteiger partial charge in [-0.15, -0.1) is 0 Å². The first-order valence-electron chi connectivity index (χ1n) is 27.5. The van der Waals surface area contributed by atoms with Crippen LogP contribution in [0.5, 0.6) is 0 Å². The molecule has 0 bridgehead atoms. The van der Waals surface area contributed by atoms with Crippen molar-refractivity contribution in [2.75, 3.05) is 52.9 Å². The van der Waals surface area contributed by atoms with Gasteiger partial charge in [0, 0.05) is 20.8 Å². The Balaban J connectivity index is 1.31. The second kappa shape index (κ2) is 32.6. The Morgan fingerprint density at radius 1 is 0.391 bits per heavy atom. The van der Waals surface area contributed by atoms with Gasteiger partial charge in [0.15, 0.2) is 37.7 Å². The predicted octanol–water partition coefficient (Wildman–Crippen LogP) is -16.2. The van der Waals surface area contributed by atoms with Gasteiger partial charge in [-0.1, -0.05) is 0 Å². The first-order valence-corrected chi connectivity index (χ1v) is 27.5. The number of nitrogens with one attached hydrogen (secondary N) is 3. The van der Waals surface area contributed by atoms with Crippen LogP contribution in [0.15, 0.2) is 0 Å². The van der Waals surface area contributed by atoms with Crippen molar-refractivity contribution in [1.82, 2.24) is 16.0 Å². The summed E-state index contributed by atoms with van der Waals surface area (Å²) in [6, 6.07) is -5.25. The quantitative estimate of drug-likeness (QED) is 0.0382. The lowest BCUT2D eigenvalue weighted by atomic mass is 9.94.